The third kappa shape index (κ3) is 2.82. The average molecular weight is 272 g/mol. The summed E-state index contributed by atoms with van der Waals surface area (Å²) >= 11 is 0. The summed E-state index contributed by atoms with van der Waals surface area (Å²) in [7, 11) is 1.73. The first kappa shape index (κ1) is 14.1. The highest BCUT2D eigenvalue weighted by Crippen LogP contribution is 2.15. The molecule has 2 N–H and O–H groups in total. The van der Waals surface area contributed by atoms with Crippen LogP contribution in [0.15, 0.2) is 30.5 Å². The molecule has 0 saturated carbocycles. The van der Waals surface area contributed by atoms with Crippen molar-refractivity contribution in [1.29, 1.82) is 0 Å². The van der Waals surface area contributed by atoms with Gasteiger partial charge in [0.25, 0.3) is 5.91 Å². The summed E-state index contributed by atoms with van der Waals surface area (Å²) in [6, 6.07) is 8.15. The third-order valence-electron chi connectivity index (χ3n) is 3.29. The number of hydrogen-bond donors (Lipinski definition) is 1. The number of benzene rings is 1. The molecule has 0 aliphatic carbocycles. The van der Waals surface area contributed by atoms with E-state index in [1.54, 1.807) is 11.9 Å². The van der Waals surface area contributed by atoms with Crippen LogP contribution in [0.5, 0.6) is 0 Å². The summed E-state index contributed by atoms with van der Waals surface area (Å²) in [6.45, 7) is 5.19. The van der Waals surface area contributed by atoms with Gasteiger partial charge in [-0.05, 0) is 19.4 Å². The van der Waals surface area contributed by atoms with Crippen LogP contribution in [0.25, 0.3) is 0 Å². The Bertz CT molecular complexity index is 599. The molecule has 0 aliphatic rings. The van der Waals surface area contributed by atoms with Gasteiger partial charge in [-0.2, -0.15) is 5.10 Å². The average Bonchev–Trinajstić information content (AvgIpc) is 2.75. The van der Waals surface area contributed by atoms with Gasteiger partial charge in [0.1, 0.15) is 5.69 Å². The first-order valence-corrected chi connectivity index (χ1v) is 6.65. The standard InChI is InChI=1S/C15H20N4O/c1-4-19(10-12-7-5-6-11(2)8-12)15(20)14-13(16)9-17-18(14)3/h5-9H,4,10,16H2,1-3H3. The Morgan fingerprint density at radius 1 is 1.45 bits per heavy atom. The minimum absolute atomic E-state index is 0.0912. The van der Waals surface area contributed by atoms with Crippen molar-refractivity contribution in [3.05, 3.63) is 47.3 Å². The SMILES string of the molecule is CCN(Cc1cccc(C)c1)C(=O)c1c(N)cnn1C. The van der Waals surface area contributed by atoms with Crippen molar-refractivity contribution in [2.45, 2.75) is 20.4 Å². The molecule has 0 unspecified atom stereocenters. The normalized spacial score (nSPS) is 10.6. The van der Waals surface area contributed by atoms with E-state index in [4.69, 9.17) is 5.73 Å². The zero-order valence-corrected chi connectivity index (χ0v) is 12.1. The number of hydrogen-bond acceptors (Lipinski definition) is 3. The molecule has 0 radical (unpaired) electrons. The lowest BCUT2D eigenvalue weighted by molar-refractivity contribution is 0.0742. The zero-order valence-electron chi connectivity index (χ0n) is 12.1. The Labute approximate surface area is 119 Å². The number of aromatic nitrogens is 2. The minimum atomic E-state index is -0.0912. The van der Waals surface area contributed by atoms with Crippen molar-refractivity contribution in [3.63, 3.8) is 0 Å². The Hall–Kier alpha value is -2.30. The van der Waals surface area contributed by atoms with Gasteiger partial charge in [-0.15, -0.1) is 0 Å². The number of amides is 1. The molecule has 5 nitrogen and oxygen atoms in total. The highest BCUT2D eigenvalue weighted by Gasteiger charge is 2.20. The maximum atomic E-state index is 12.6. The van der Waals surface area contributed by atoms with Gasteiger partial charge in [0.2, 0.25) is 0 Å². The predicted octanol–water partition coefficient (Wildman–Crippen LogP) is 1.97. The van der Waals surface area contributed by atoms with Crippen molar-refractivity contribution in [1.82, 2.24) is 14.7 Å². The van der Waals surface area contributed by atoms with E-state index in [1.807, 2.05) is 32.0 Å². The number of nitrogen functional groups attached to an aromatic ring is 1. The molecule has 0 bridgehead atoms. The molecular weight excluding hydrogens is 252 g/mol. The maximum absolute atomic E-state index is 12.6. The lowest BCUT2D eigenvalue weighted by atomic mass is 10.1. The van der Waals surface area contributed by atoms with Gasteiger partial charge in [0.05, 0.1) is 11.9 Å². The molecule has 2 rings (SSSR count). The Morgan fingerprint density at radius 3 is 2.75 bits per heavy atom. The molecule has 20 heavy (non-hydrogen) atoms. The Kier molecular flexibility index (Phi) is 4.08. The van der Waals surface area contributed by atoms with Crippen LogP contribution in [0.3, 0.4) is 0 Å². The van der Waals surface area contributed by atoms with E-state index in [0.717, 1.165) is 5.56 Å². The molecule has 2 aromatic rings. The van der Waals surface area contributed by atoms with Crippen LogP contribution in [0, 0.1) is 6.92 Å². The molecule has 0 saturated heterocycles. The number of rotatable bonds is 4. The lowest BCUT2D eigenvalue weighted by Gasteiger charge is -2.21. The van der Waals surface area contributed by atoms with E-state index in [9.17, 15) is 4.79 Å². The van der Waals surface area contributed by atoms with Crippen molar-refractivity contribution in [2.24, 2.45) is 7.05 Å². The monoisotopic (exact) mass is 272 g/mol. The minimum Gasteiger partial charge on any atom is -0.396 e. The van der Waals surface area contributed by atoms with Crippen LogP contribution in [-0.2, 0) is 13.6 Å². The third-order valence-corrected chi connectivity index (χ3v) is 3.29. The van der Waals surface area contributed by atoms with E-state index in [1.165, 1.54) is 16.4 Å². The Balaban J connectivity index is 2.22. The second-order valence-corrected chi connectivity index (χ2v) is 4.88. The first-order chi connectivity index (χ1) is 9.52. The van der Waals surface area contributed by atoms with Crippen LogP contribution < -0.4 is 5.73 Å². The summed E-state index contributed by atoms with van der Waals surface area (Å²) in [5, 5.41) is 4.02. The molecule has 1 heterocycles. The van der Waals surface area contributed by atoms with Crippen molar-refractivity contribution < 1.29 is 4.79 Å². The maximum Gasteiger partial charge on any atom is 0.274 e. The van der Waals surface area contributed by atoms with Gasteiger partial charge < -0.3 is 10.6 Å². The first-order valence-electron chi connectivity index (χ1n) is 6.65. The molecule has 1 amide bonds. The number of anilines is 1. The summed E-state index contributed by atoms with van der Waals surface area (Å²) in [4.78, 5) is 14.3. The van der Waals surface area contributed by atoms with E-state index in [0.29, 0.717) is 24.5 Å². The summed E-state index contributed by atoms with van der Waals surface area (Å²) in [5.41, 5.74) is 8.98. The second kappa shape index (κ2) is 5.77. The summed E-state index contributed by atoms with van der Waals surface area (Å²) < 4.78 is 1.52. The molecule has 0 fully saturated rings. The number of carbonyl (C=O) groups excluding carboxylic acids is 1. The van der Waals surface area contributed by atoms with Crippen LogP contribution in [0.1, 0.15) is 28.5 Å². The van der Waals surface area contributed by atoms with Crippen molar-refractivity contribution >= 4 is 11.6 Å². The second-order valence-electron chi connectivity index (χ2n) is 4.88. The fraction of sp³-hybridized carbons (Fsp3) is 0.333. The molecule has 0 spiro atoms. The Morgan fingerprint density at radius 2 is 2.20 bits per heavy atom. The van der Waals surface area contributed by atoms with Crippen LogP contribution in [0.4, 0.5) is 5.69 Å². The molecule has 5 heteroatoms. The molecule has 1 aromatic heterocycles. The summed E-state index contributed by atoms with van der Waals surface area (Å²) in [5.74, 6) is -0.0912. The quantitative estimate of drug-likeness (QED) is 0.925. The van der Waals surface area contributed by atoms with Gasteiger partial charge >= 0.3 is 0 Å². The van der Waals surface area contributed by atoms with E-state index in [2.05, 4.69) is 11.2 Å². The van der Waals surface area contributed by atoms with Crippen LogP contribution >= 0.6 is 0 Å². The van der Waals surface area contributed by atoms with Gasteiger partial charge in [0, 0.05) is 20.1 Å². The van der Waals surface area contributed by atoms with Crippen molar-refractivity contribution in [2.75, 3.05) is 12.3 Å². The molecule has 106 valence electrons. The number of nitrogens with zero attached hydrogens (tertiary/aromatic N) is 3. The smallest absolute Gasteiger partial charge is 0.274 e. The highest BCUT2D eigenvalue weighted by molar-refractivity contribution is 5.97. The highest BCUT2D eigenvalue weighted by atomic mass is 16.2. The number of aryl methyl sites for hydroxylation is 2. The van der Waals surface area contributed by atoms with Gasteiger partial charge in [0.15, 0.2) is 0 Å². The van der Waals surface area contributed by atoms with Gasteiger partial charge in [-0.1, -0.05) is 29.8 Å². The van der Waals surface area contributed by atoms with E-state index < -0.39 is 0 Å². The fourth-order valence-corrected chi connectivity index (χ4v) is 2.22. The molecule has 0 aliphatic heterocycles. The van der Waals surface area contributed by atoms with Gasteiger partial charge in [-0.3, -0.25) is 9.48 Å². The van der Waals surface area contributed by atoms with Crippen LogP contribution in [0.2, 0.25) is 0 Å². The largest absolute Gasteiger partial charge is 0.396 e. The van der Waals surface area contributed by atoms with Crippen molar-refractivity contribution in [3.8, 4) is 0 Å². The lowest BCUT2D eigenvalue weighted by Crippen LogP contribution is -2.32. The molecular formula is C15H20N4O. The number of carbonyl (C=O) groups is 1. The topological polar surface area (TPSA) is 64.2 Å². The molecule has 1 aromatic carbocycles. The zero-order chi connectivity index (χ0) is 14.7. The van der Waals surface area contributed by atoms with E-state index >= 15 is 0 Å². The summed E-state index contributed by atoms with van der Waals surface area (Å²) in [6.07, 6.45) is 1.51. The molecule has 0 atom stereocenters. The predicted molar refractivity (Wildman–Crippen MR) is 79.2 cm³/mol. The fourth-order valence-electron chi connectivity index (χ4n) is 2.22. The number of nitrogens with two attached hydrogens (primary N) is 1. The van der Waals surface area contributed by atoms with Crippen LogP contribution in [-0.4, -0.2) is 27.1 Å². The van der Waals surface area contributed by atoms with E-state index in [-0.39, 0.29) is 5.91 Å². The van der Waals surface area contributed by atoms with Gasteiger partial charge in [-0.25, -0.2) is 0 Å².